The maximum atomic E-state index is 13.1. The first-order valence-electron chi connectivity index (χ1n) is 10.7. The number of halogens is 1. The Morgan fingerprint density at radius 2 is 1.74 bits per heavy atom. The summed E-state index contributed by atoms with van der Waals surface area (Å²) in [5.74, 6) is -0.745. The molecular weight excluding hydrogens is 397 g/mol. The fourth-order valence-corrected chi connectivity index (χ4v) is 4.20. The minimum absolute atomic E-state index is 0.0737. The van der Waals surface area contributed by atoms with E-state index < -0.39 is 0 Å². The second kappa shape index (κ2) is 9.29. The predicted molar refractivity (Wildman–Crippen MR) is 115 cm³/mol. The van der Waals surface area contributed by atoms with Gasteiger partial charge in [0.1, 0.15) is 5.82 Å². The monoisotopic (exact) mass is 423 g/mol. The molecular formula is C24H26FN3O3. The second-order valence-electron chi connectivity index (χ2n) is 8.13. The van der Waals surface area contributed by atoms with Crippen LogP contribution in [-0.4, -0.2) is 42.3 Å². The van der Waals surface area contributed by atoms with Crippen LogP contribution < -0.4 is 10.2 Å². The molecule has 2 aromatic rings. The second-order valence-corrected chi connectivity index (χ2v) is 8.13. The molecule has 2 fully saturated rings. The first-order valence-corrected chi connectivity index (χ1v) is 10.7. The summed E-state index contributed by atoms with van der Waals surface area (Å²) in [4.78, 5) is 40.7. The van der Waals surface area contributed by atoms with E-state index in [0.29, 0.717) is 31.6 Å². The molecule has 3 amide bonds. The number of hydrogen-bond donors (Lipinski definition) is 1. The van der Waals surface area contributed by atoms with Crippen molar-refractivity contribution in [1.82, 2.24) is 10.2 Å². The highest BCUT2D eigenvalue weighted by Gasteiger charge is 2.29. The summed E-state index contributed by atoms with van der Waals surface area (Å²) < 4.78 is 13.1. The standard InChI is InChI=1S/C24H26FN3O3/c25-20-9-7-18(8-10-20)24(31)27-13-1-3-19(16-27)23(30)26-15-17-5-11-21(12-6-17)28-14-2-4-22(28)29/h5-12,19H,1-4,13-16H2,(H,26,30). The number of carbonyl (C=O) groups is 3. The summed E-state index contributed by atoms with van der Waals surface area (Å²) in [6.07, 6.45) is 2.97. The van der Waals surface area contributed by atoms with Gasteiger partial charge in [0.25, 0.3) is 5.91 Å². The number of piperidine rings is 1. The molecule has 1 unspecified atom stereocenters. The van der Waals surface area contributed by atoms with Crippen molar-refractivity contribution in [2.45, 2.75) is 32.2 Å². The molecule has 0 aromatic heterocycles. The number of carbonyl (C=O) groups excluding carboxylic acids is 3. The Labute approximate surface area is 181 Å². The Bertz CT molecular complexity index is 959. The minimum Gasteiger partial charge on any atom is -0.352 e. The van der Waals surface area contributed by atoms with Gasteiger partial charge in [-0.05, 0) is 61.2 Å². The van der Waals surface area contributed by atoms with Crippen molar-refractivity contribution in [2.75, 3.05) is 24.5 Å². The molecule has 7 heteroatoms. The highest BCUT2D eigenvalue weighted by Crippen LogP contribution is 2.22. The molecule has 2 aliphatic rings. The Balaban J connectivity index is 1.30. The average molecular weight is 423 g/mol. The van der Waals surface area contributed by atoms with Gasteiger partial charge in [-0.25, -0.2) is 4.39 Å². The van der Waals surface area contributed by atoms with Gasteiger partial charge < -0.3 is 15.1 Å². The van der Waals surface area contributed by atoms with Crippen LogP contribution in [0.3, 0.4) is 0 Å². The van der Waals surface area contributed by atoms with Gasteiger partial charge >= 0.3 is 0 Å². The third-order valence-electron chi connectivity index (χ3n) is 5.96. The molecule has 162 valence electrons. The molecule has 0 aliphatic carbocycles. The van der Waals surface area contributed by atoms with E-state index in [9.17, 15) is 18.8 Å². The Morgan fingerprint density at radius 3 is 2.42 bits per heavy atom. The van der Waals surface area contributed by atoms with E-state index in [1.54, 1.807) is 9.80 Å². The molecule has 2 aromatic carbocycles. The Kier molecular flexibility index (Phi) is 6.30. The molecule has 4 rings (SSSR count). The minimum atomic E-state index is -0.382. The zero-order valence-corrected chi connectivity index (χ0v) is 17.4. The van der Waals surface area contributed by atoms with Crippen LogP contribution in [0.15, 0.2) is 48.5 Å². The number of amides is 3. The lowest BCUT2D eigenvalue weighted by atomic mass is 9.96. The number of nitrogens with one attached hydrogen (secondary N) is 1. The topological polar surface area (TPSA) is 69.7 Å². The molecule has 31 heavy (non-hydrogen) atoms. The quantitative estimate of drug-likeness (QED) is 0.803. The van der Waals surface area contributed by atoms with Crippen LogP contribution >= 0.6 is 0 Å². The van der Waals surface area contributed by atoms with Crippen molar-refractivity contribution in [1.29, 1.82) is 0 Å². The van der Waals surface area contributed by atoms with Gasteiger partial charge in [-0.3, -0.25) is 14.4 Å². The van der Waals surface area contributed by atoms with Crippen LogP contribution in [-0.2, 0) is 16.1 Å². The van der Waals surface area contributed by atoms with E-state index in [-0.39, 0.29) is 29.5 Å². The molecule has 0 radical (unpaired) electrons. The zero-order chi connectivity index (χ0) is 21.8. The normalized spacial score (nSPS) is 18.9. The summed E-state index contributed by atoms with van der Waals surface area (Å²) in [7, 11) is 0. The molecule has 2 aliphatic heterocycles. The number of hydrogen-bond acceptors (Lipinski definition) is 3. The third kappa shape index (κ3) is 4.93. The third-order valence-corrected chi connectivity index (χ3v) is 5.96. The molecule has 2 heterocycles. The number of nitrogens with zero attached hydrogens (tertiary/aromatic N) is 2. The lowest BCUT2D eigenvalue weighted by Gasteiger charge is -2.32. The van der Waals surface area contributed by atoms with Gasteiger partial charge in [0, 0.05) is 43.9 Å². The first kappa shape index (κ1) is 21.0. The zero-order valence-electron chi connectivity index (χ0n) is 17.4. The average Bonchev–Trinajstić information content (AvgIpc) is 3.23. The molecule has 1 N–H and O–H groups in total. The summed E-state index contributed by atoms with van der Waals surface area (Å²) in [6, 6.07) is 13.2. The SMILES string of the molecule is O=C(NCc1ccc(N2CCCC2=O)cc1)C1CCCN(C(=O)c2ccc(F)cc2)C1. The summed E-state index contributed by atoms with van der Waals surface area (Å²) in [5, 5.41) is 2.97. The maximum absolute atomic E-state index is 13.1. The predicted octanol–water partition coefficient (Wildman–Crippen LogP) is 3.12. The smallest absolute Gasteiger partial charge is 0.253 e. The van der Waals surface area contributed by atoms with Crippen LogP contribution in [0.5, 0.6) is 0 Å². The van der Waals surface area contributed by atoms with Crippen LogP contribution in [0.2, 0.25) is 0 Å². The molecule has 0 bridgehead atoms. The first-order chi connectivity index (χ1) is 15.0. The molecule has 0 saturated carbocycles. The summed E-state index contributed by atoms with van der Waals surface area (Å²) in [5.41, 5.74) is 2.28. The number of anilines is 1. The molecule has 6 nitrogen and oxygen atoms in total. The van der Waals surface area contributed by atoms with Crippen molar-refractivity contribution in [3.63, 3.8) is 0 Å². The van der Waals surface area contributed by atoms with Crippen LogP contribution in [0, 0.1) is 11.7 Å². The van der Waals surface area contributed by atoms with Crippen LogP contribution in [0.1, 0.15) is 41.6 Å². The van der Waals surface area contributed by atoms with Gasteiger partial charge in [-0.15, -0.1) is 0 Å². The summed E-state index contributed by atoms with van der Waals surface area (Å²) in [6.45, 7) is 2.11. The summed E-state index contributed by atoms with van der Waals surface area (Å²) >= 11 is 0. The highest BCUT2D eigenvalue weighted by atomic mass is 19.1. The van der Waals surface area contributed by atoms with Gasteiger partial charge in [0.05, 0.1) is 5.92 Å². The fraction of sp³-hybridized carbons (Fsp3) is 0.375. The van der Waals surface area contributed by atoms with Gasteiger partial charge in [-0.2, -0.15) is 0 Å². The molecule has 2 saturated heterocycles. The largest absolute Gasteiger partial charge is 0.352 e. The molecule has 0 spiro atoms. The van der Waals surface area contributed by atoms with E-state index in [4.69, 9.17) is 0 Å². The van der Waals surface area contributed by atoms with Gasteiger partial charge in [-0.1, -0.05) is 12.1 Å². The fourth-order valence-electron chi connectivity index (χ4n) is 4.20. The van der Waals surface area contributed by atoms with Crippen molar-refractivity contribution < 1.29 is 18.8 Å². The van der Waals surface area contributed by atoms with E-state index >= 15 is 0 Å². The van der Waals surface area contributed by atoms with E-state index in [1.165, 1.54) is 24.3 Å². The van der Waals surface area contributed by atoms with E-state index in [1.807, 2.05) is 24.3 Å². The van der Waals surface area contributed by atoms with Crippen molar-refractivity contribution in [2.24, 2.45) is 5.92 Å². The van der Waals surface area contributed by atoms with Crippen molar-refractivity contribution in [3.05, 3.63) is 65.5 Å². The van der Waals surface area contributed by atoms with Crippen LogP contribution in [0.4, 0.5) is 10.1 Å². The van der Waals surface area contributed by atoms with Crippen LogP contribution in [0.25, 0.3) is 0 Å². The lowest BCUT2D eigenvalue weighted by Crippen LogP contribution is -2.45. The highest BCUT2D eigenvalue weighted by molar-refractivity contribution is 5.95. The van der Waals surface area contributed by atoms with Gasteiger partial charge in [0.15, 0.2) is 0 Å². The number of rotatable bonds is 5. The maximum Gasteiger partial charge on any atom is 0.253 e. The Hall–Kier alpha value is -3.22. The van der Waals surface area contributed by atoms with Gasteiger partial charge in [0.2, 0.25) is 11.8 Å². The van der Waals surface area contributed by atoms with Crippen molar-refractivity contribution >= 4 is 23.4 Å². The number of likely N-dealkylation sites (tertiary alicyclic amines) is 1. The Morgan fingerprint density at radius 1 is 1.00 bits per heavy atom. The van der Waals surface area contributed by atoms with Crippen molar-refractivity contribution in [3.8, 4) is 0 Å². The molecule has 1 atom stereocenters. The lowest BCUT2D eigenvalue weighted by molar-refractivity contribution is -0.126. The number of benzene rings is 2. The van der Waals surface area contributed by atoms with E-state index in [2.05, 4.69) is 5.32 Å². The van der Waals surface area contributed by atoms with E-state index in [0.717, 1.165) is 37.1 Å².